The maximum absolute atomic E-state index is 12.5. The van der Waals surface area contributed by atoms with Crippen molar-refractivity contribution in [3.63, 3.8) is 0 Å². The molecule has 0 spiro atoms. The molecule has 0 bridgehead atoms. The summed E-state index contributed by atoms with van der Waals surface area (Å²) in [7, 11) is 3.19. The predicted molar refractivity (Wildman–Crippen MR) is 151 cm³/mol. The average molecular weight is 559 g/mol. The number of halogens is 2. The van der Waals surface area contributed by atoms with E-state index in [1.54, 1.807) is 26.6 Å². The summed E-state index contributed by atoms with van der Waals surface area (Å²) in [5.41, 5.74) is 2.93. The lowest BCUT2D eigenvalue weighted by Crippen LogP contribution is -2.40. The van der Waals surface area contributed by atoms with Gasteiger partial charge in [-0.25, -0.2) is 9.97 Å². The highest BCUT2D eigenvalue weighted by Crippen LogP contribution is 2.32. The van der Waals surface area contributed by atoms with Crippen LogP contribution in [0.4, 0.5) is 5.95 Å². The molecule has 202 valence electrons. The normalized spacial score (nSPS) is 17.6. The van der Waals surface area contributed by atoms with Crippen molar-refractivity contribution in [2.45, 2.75) is 38.3 Å². The molecule has 3 atom stereocenters. The van der Waals surface area contributed by atoms with Crippen LogP contribution in [-0.4, -0.2) is 55.3 Å². The van der Waals surface area contributed by atoms with Crippen molar-refractivity contribution in [1.29, 1.82) is 0 Å². The van der Waals surface area contributed by atoms with Gasteiger partial charge in [0.1, 0.15) is 0 Å². The van der Waals surface area contributed by atoms with Gasteiger partial charge in [0.05, 0.1) is 30.8 Å². The van der Waals surface area contributed by atoms with Crippen LogP contribution in [-0.2, 0) is 11.2 Å². The molecule has 1 aliphatic rings. The van der Waals surface area contributed by atoms with Crippen molar-refractivity contribution < 1.29 is 14.3 Å². The van der Waals surface area contributed by atoms with Crippen molar-refractivity contribution in [2.75, 3.05) is 32.6 Å². The van der Waals surface area contributed by atoms with Gasteiger partial charge in [0.15, 0.2) is 11.5 Å². The van der Waals surface area contributed by atoms with E-state index in [1.807, 2.05) is 43.3 Å². The van der Waals surface area contributed by atoms with Crippen LogP contribution in [0.15, 0.2) is 48.8 Å². The molecule has 0 radical (unpaired) electrons. The van der Waals surface area contributed by atoms with Crippen LogP contribution < -0.4 is 25.4 Å². The molecule has 2 aromatic carbocycles. The van der Waals surface area contributed by atoms with Crippen molar-refractivity contribution in [3.05, 3.63) is 64.4 Å². The van der Waals surface area contributed by atoms with Gasteiger partial charge in [-0.3, -0.25) is 4.79 Å². The Hall–Kier alpha value is -3.07. The number of carbonyl (C=O) groups is 1. The van der Waals surface area contributed by atoms with E-state index in [0.717, 1.165) is 36.9 Å². The monoisotopic (exact) mass is 557 g/mol. The van der Waals surface area contributed by atoms with Gasteiger partial charge < -0.3 is 25.4 Å². The zero-order valence-electron chi connectivity index (χ0n) is 21.8. The molecule has 1 aliphatic heterocycles. The lowest BCUT2D eigenvalue weighted by atomic mass is 9.95. The van der Waals surface area contributed by atoms with Crippen molar-refractivity contribution in [2.24, 2.45) is 5.92 Å². The fourth-order valence-electron chi connectivity index (χ4n) is 4.79. The van der Waals surface area contributed by atoms with E-state index in [1.165, 1.54) is 5.56 Å². The fourth-order valence-corrected chi connectivity index (χ4v) is 5.11. The van der Waals surface area contributed by atoms with Gasteiger partial charge in [0.25, 0.3) is 0 Å². The smallest absolute Gasteiger partial charge is 0.239 e. The molecule has 1 saturated heterocycles. The maximum Gasteiger partial charge on any atom is 0.239 e. The highest BCUT2D eigenvalue weighted by atomic mass is 35.5. The molecule has 3 aromatic rings. The summed E-state index contributed by atoms with van der Waals surface area (Å²) in [6, 6.07) is 11.8. The minimum absolute atomic E-state index is 0.0406. The number of hydrogen-bond acceptors (Lipinski definition) is 7. The number of hydrogen-bond donors (Lipinski definition) is 3. The number of anilines is 1. The molecular weight excluding hydrogens is 525 g/mol. The van der Waals surface area contributed by atoms with Gasteiger partial charge in [0, 0.05) is 30.0 Å². The molecule has 1 aromatic heterocycles. The van der Waals surface area contributed by atoms with E-state index in [-0.39, 0.29) is 18.5 Å². The second-order valence-electron chi connectivity index (χ2n) is 9.58. The molecule has 38 heavy (non-hydrogen) atoms. The second kappa shape index (κ2) is 13.1. The van der Waals surface area contributed by atoms with Crippen LogP contribution in [0.2, 0.25) is 10.0 Å². The Morgan fingerprint density at radius 2 is 1.82 bits per heavy atom. The first-order valence-electron chi connectivity index (χ1n) is 12.6. The number of nitrogens with one attached hydrogen (secondary N) is 3. The SMILES string of the molecule is COc1ccc(-c2cnc(NCC(=O)NC(C)CC3CC(Cc4ccc(Cl)c(Cl)c4)CN3)nc2)cc1OC. The third-order valence-corrected chi connectivity index (χ3v) is 7.38. The zero-order chi connectivity index (χ0) is 27.1. The molecule has 0 saturated carbocycles. The largest absolute Gasteiger partial charge is 0.493 e. The van der Waals surface area contributed by atoms with Gasteiger partial charge in [-0.1, -0.05) is 35.3 Å². The van der Waals surface area contributed by atoms with Crippen LogP contribution in [0, 0.1) is 5.92 Å². The van der Waals surface area contributed by atoms with E-state index in [4.69, 9.17) is 32.7 Å². The van der Waals surface area contributed by atoms with Gasteiger partial charge in [-0.05, 0) is 74.0 Å². The molecule has 1 fully saturated rings. The Balaban J connectivity index is 1.20. The van der Waals surface area contributed by atoms with Crippen LogP contribution in [0.3, 0.4) is 0 Å². The standard InChI is InChI=1S/C28H33Cl2N5O3/c1-17(8-22-10-19(13-31-22)9-18-4-6-23(29)24(30)11-18)35-27(36)16-34-28-32-14-21(15-33-28)20-5-7-25(37-2)26(12-20)38-3/h4-7,11-12,14-15,17,19,22,31H,8-10,13,16H2,1-3H3,(H,35,36)(H,32,33,34). The van der Waals surface area contributed by atoms with Crippen LogP contribution in [0.25, 0.3) is 11.1 Å². The number of amides is 1. The Morgan fingerprint density at radius 1 is 1.05 bits per heavy atom. The maximum atomic E-state index is 12.5. The molecule has 4 rings (SSSR count). The Kier molecular flexibility index (Phi) is 9.66. The quantitative estimate of drug-likeness (QED) is 0.305. The highest BCUT2D eigenvalue weighted by molar-refractivity contribution is 6.42. The number of aromatic nitrogens is 2. The van der Waals surface area contributed by atoms with Crippen molar-refractivity contribution in [3.8, 4) is 22.6 Å². The highest BCUT2D eigenvalue weighted by Gasteiger charge is 2.26. The fraction of sp³-hybridized carbons (Fsp3) is 0.393. The summed E-state index contributed by atoms with van der Waals surface area (Å²) < 4.78 is 10.6. The molecule has 3 unspecified atom stereocenters. The number of ether oxygens (including phenoxy) is 2. The van der Waals surface area contributed by atoms with Crippen LogP contribution in [0.5, 0.6) is 11.5 Å². The average Bonchev–Trinajstić information content (AvgIpc) is 3.35. The lowest BCUT2D eigenvalue weighted by molar-refractivity contribution is -0.120. The van der Waals surface area contributed by atoms with Crippen molar-refractivity contribution in [1.82, 2.24) is 20.6 Å². The topological polar surface area (TPSA) is 97.4 Å². The second-order valence-corrected chi connectivity index (χ2v) is 10.4. The van der Waals surface area contributed by atoms with E-state index in [9.17, 15) is 4.79 Å². The first-order valence-corrected chi connectivity index (χ1v) is 13.3. The molecule has 2 heterocycles. The molecule has 0 aliphatic carbocycles. The molecule has 8 nitrogen and oxygen atoms in total. The third kappa shape index (κ3) is 7.49. The third-order valence-electron chi connectivity index (χ3n) is 6.64. The predicted octanol–water partition coefficient (Wildman–Crippen LogP) is 5.00. The van der Waals surface area contributed by atoms with E-state index < -0.39 is 0 Å². The van der Waals surface area contributed by atoms with E-state index in [0.29, 0.717) is 39.5 Å². The van der Waals surface area contributed by atoms with E-state index in [2.05, 4.69) is 25.9 Å². The molecule has 10 heteroatoms. The summed E-state index contributed by atoms with van der Waals surface area (Å²) in [5, 5.41) is 10.8. The number of nitrogens with zero attached hydrogens (tertiary/aromatic N) is 2. The number of methoxy groups -OCH3 is 2. The van der Waals surface area contributed by atoms with E-state index >= 15 is 0 Å². The van der Waals surface area contributed by atoms with Gasteiger partial charge in [-0.2, -0.15) is 0 Å². The first-order chi connectivity index (χ1) is 18.3. The Morgan fingerprint density at radius 3 is 2.53 bits per heavy atom. The number of carbonyl (C=O) groups excluding carboxylic acids is 1. The summed E-state index contributed by atoms with van der Waals surface area (Å²) in [5.74, 6) is 2.10. The summed E-state index contributed by atoms with van der Waals surface area (Å²) in [6.45, 7) is 3.07. The van der Waals surface area contributed by atoms with Gasteiger partial charge >= 0.3 is 0 Å². The Labute approximate surface area is 233 Å². The summed E-state index contributed by atoms with van der Waals surface area (Å²) >= 11 is 12.2. The molecule has 3 N–H and O–H groups in total. The summed E-state index contributed by atoms with van der Waals surface area (Å²) in [6.07, 6.45) is 6.28. The summed E-state index contributed by atoms with van der Waals surface area (Å²) in [4.78, 5) is 21.2. The Bertz CT molecular complexity index is 1240. The van der Waals surface area contributed by atoms with Gasteiger partial charge in [-0.15, -0.1) is 0 Å². The van der Waals surface area contributed by atoms with Crippen LogP contribution in [0.1, 0.15) is 25.3 Å². The minimum Gasteiger partial charge on any atom is -0.493 e. The minimum atomic E-state index is -0.101. The lowest BCUT2D eigenvalue weighted by Gasteiger charge is -2.19. The molecular formula is C28H33Cl2N5O3. The van der Waals surface area contributed by atoms with Gasteiger partial charge in [0.2, 0.25) is 11.9 Å². The number of rotatable bonds is 11. The van der Waals surface area contributed by atoms with Crippen LogP contribution >= 0.6 is 23.2 Å². The zero-order valence-corrected chi connectivity index (χ0v) is 23.3. The van der Waals surface area contributed by atoms with Crippen molar-refractivity contribution >= 4 is 35.1 Å². The number of benzene rings is 2. The first kappa shape index (κ1) is 28.0. The molecule has 1 amide bonds.